The minimum absolute atomic E-state index is 0.237. The number of alkyl halides is 3. The number of hydrogen-bond donors (Lipinski definition) is 3. The van der Waals surface area contributed by atoms with E-state index in [1.165, 1.54) is 0 Å². The summed E-state index contributed by atoms with van der Waals surface area (Å²) in [4.78, 5) is 26.2. The van der Waals surface area contributed by atoms with E-state index in [1.54, 1.807) is 19.9 Å². The number of aryl methyl sites for hydroxylation is 1. The number of amides is 3. The number of halogens is 3. The van der Waals surface area contributed by atoms with E-state index in [0.717, 1.165) is 17.7 Å². The molecular weight excluding hydrogens is 473 g/mol. The molecule has 1 saturated carbocycles. The molecule has 0 bridgehead atoms. The maximum absolute atomic E-state index is 13.3. The van der Waals surface area contributed by atoms with Crippen molar-refractivity contribution in [3.8, 4) is 0 Å². The van der Waals surface area contributed by atoms with E-state index in [0.29, 0.717) is 43.2 Å². The molecule has 0 aliphatic heterocycles. The molecule has 0 aromatic heterocycles. The molecule has 10 heteroatoms. The Morgan fingerprint density at radius 1 is 1.17 bits per heavy atom. The third kappa shape index (κ3) is 6.34. The van der Waals surface area contributed by atoms with Crippen LogP contribution in [0.4, 0.5) is 18.0 Å². The van der Waals surface area contributed by atoms with E-state index in [1.807, 2.05) is 30.3 Å². The molecule has 36 heavy (non-hydrogen) atoms. The average Bonchev–Trinajstić information content (AvgIpc) is 2.86. The van der Waals surface area contributed by atoms with Gasteiger partial charge >= 0.3 is 17.9 Å². The van der Waals surface area contributed by atoms with Gasteiger partial charge in [0.2, 0.25) is 6.41 Å². The quantitative estimate of drug-likeness (QED) is 0.264. The van der Waals surface area contributed by atoms with Gasteiger partial charge in [-0.1, -0.05) is 42.0 Å². The molecule has 0 spiro atoms. The summed E-state index contributed by atoms with van der Waals surface area (Å²) in [6.07, 6.45) is -3.03. The average molecular weight is 503 g/mol. The molecule has 2 aromatic carbocycles. The largest absolute Gasteiger partial charge is 0.416 e. The molecular formula is C26H29F3N4O3. The fourth-order valence-electron chi connectivity index (χ4n) is 4.64. The highest BCUT2D eigenvalue weighted by Gasteiger charge is 2.49. The van der Waals surface area contributed by atoms with Crippen LogP contribution in [-0.4, -0.2) is 24.7 Å². The number of carbonyl (C=O) groups excluding carboxylic acids is 2. The van der Waals surface area contributed by atoms with Gasteiger partial charge in [-0.15, -0.1) is 0 Å². The summed E-state index contributed by atoms with van der Waals surface area (Å²) in [7, 11) is 0. The van der Waals surface area contributed by atoms with Crippen molar-refractivity contribution in [2.24, 2.45) is 0 Å². The summed E-state index contributed by atoms with van der Waals surface area (Å²) in [6, 6.07) is 12.9. The van der Waals surface area contributed by atoms with E-state index in [2.05, 4.69) is 21.0 Å². The Morgan fingerprint density at radius 3 is 2.42 bits per heavy atom. The SMILES string of the molecule is [C-]#[N+]C1(NC(=O)NNC=O)CCC(CO[C@H](C)c2cc(C)cc(C(F)(F)F)c2)(c2ccccc2)CC1. The van der Waals surface area contributed by atoms with Gasteiger partial charge in [-0.2, -0.15) is 13.2 Å². The molecule has 0 saturated heterocycles. The Kier molecular flexibility index (Phi) is 8.25. The number of carbonyl (C=O) groups is 2. The van der Waals surface area contributed by atoms with Crippen LogP contribution in [0.3, 0.4) is 0 Å². The topological polar surface area (TPSA) is 83.8 Å². The minimum atomic E-state index is -4.45. The van der Waals surface area contributed by atoms with Crippen molar-refractivity contribution < 1.29 is 27.5 Å². The smallest absolute Gasteiger partial charge is 0.373 e. The van der Waals surface area contributed by atoms with Crippen molar-refractivity contribution in [1.29, 1.82) is 0 Å². The summed E-state index contributed by atoms with van der Waals surface area (Å²) in [5.41, 5.74) is 3.81. The second-order valence-corrected chi connectivity index (χ2v) is 9.21. The van der Waals surface area contributed by atoms with Crippen LogP contribution < -0.4 is 16.2 Å². The van der Waals surface area contributed by atoms with Gasteiger partial charge in [-0.3, -0.25) is 20.4 Å². The Hall–Kier alpha value is -3.58. The van der Waals surface area contributed by atoms with Crippen LogP contribution in [0.5, 0.6) is 0 Å². The maximum Gasteiger partial charge on any atom is 0.416 e. The Bertz CT molecular complexity index is 1110. The number of ether oxygens (including phenoxy) is 1. The molecule has 7 nitrogen and oxygen atoms in total. The van der Waals surface area contributed by atoms with Crippen molar-refractivity contribution in [2.45, 2.75) is 62.9 Å². The number of rotatable bonds is 8. The fourth-order valence-corrected chi connectivity index (χ4v) is 4.64. The normalized spacial score (nSPS) is 22.7. The first-order valence-corrected chi connectivity index (χ1v) is 11.5. The van der Waals surface area contributed by atoms with E-state index in [4.69, 9.17) is 11.3 Å². The molecule has 3 amide bonds. The van der Waals surface area contributed by atoms with E-state index in [-0.39, 0.29) is 6.61 Å². The molecule has 3 N–H and O–H groups in total. The number of hydrogen-bond acceptors (Lipinski definition) is 3. The zero-order chi connectivity index (χ0) is 26.4. The molecule has 1 aliphatic rings. The van der Waals surface area contributed by atoms with Crippen LogP contribution in [0.2, 0.25) is 0 Å². The Morgan fingerprint density at radius 2 is 1.83 bits per heavy atom. The van der Waals surface area contributed by atoms with Crippen LogP contribution >= 0.6 is 0 Å². The number of hydrazine groups is 1. The van der Waals surface area contributed by atoms with E-state index < -0.39 is 35.0 Å². The lowest BCUT2D eigenvalue weighted by atomic mass is 9.67. The molecule has 192 valence electrons. The molecule has 3 rings (SSSR count). The number of nitrogens with zero attached hydrogens (tertiary/aromatic N) is 1. The van der Waals surface area contributed by atoms with Crippen LogP contribution in [0.15, 0.2) is 48.5 Å². The van der Waals surface area contributed by atoms with Crippen LogP contribution in [0.25, 0.3) is 4.85 Å². The molecule has 1 atom stereocenters. The number of nitrogens with one attached hydrogen (secondary N) is 3. The zero-order valence-electron chi connectivity index (χ0n) is 20.1. The van der Waals surface area contributed by atoms with Crippen molar-refractivity contribution in [3.05, 3.63) is 82.2 Å². The lowest BCUT2D eigenvalue weighted by Gasteiger charge is -2.42. The Labute approximate surface area is 208 Å². The monoisotopic (exact) mass is 502 g/mol. The van der Waals surface area contributed by atoms with Gasteiger partial charge in [0.1, 0.15) is 0 Å². The predicted molar refractivity (Wildman–Crippen MR) is 127 cm³/mol. The molecule has 2 aromatic rings. The number of urea groups is 1. The molecule has 1 aliphatic carbocycles. The second kappa shape index (κ2) is 11.0. The van der Waals surface area contributed by atoms with Crippen molar-refractivity contribution in [1.82, 2.24) is 16.2 Å². The van der Waals surface area contributed by atoms with Gasteiger partial charge in [-0.05, 0) is 49.9 Å². The molecule has 1 fully saturated rings. The van der Waals surface area contributed by atoms with Crippen LogP contribution in [-0.2, 0) is 21.1 Å². The highest BCUT2D eigenvalue weighted by atomic mass is 19.4. The number of benzene rings is 2. The first-order valence-electron chi connectivity index (χ1n) is 11.5. The van der Waals surface area contributed by atoms with Gasteiger partial charge in [0, 0.05) is 18.3 Å². The van der Waals surface area contributed by atoms with Gasteiger partial charge in [0.25, 0.3) is 0 Å². The summed E-state index contributed by atoms with van der Waals surface area (Å²) in [5.74, 6) is 0. The van der Waals surface area contributed by atoms with Gasteiger partial charge in [0.15, 0.2) is 0 Å². The van der Waals surface area contributed by atoms with Crippen LogP contribution in [0.1, 0.15) is 61.0 Å². The van der Waals surface area contributed by atoms with Crippen LogP contribution in [0, 0.1) is 13.5 Å². The molecule has 0 heterocycles. The third-order valence-electron chi connectivity index (χ3n) is 6.73. The fraction of sp³-hybridized carbons (Fsp3) is 0.423. The summed E-state index contributed by atoms with van der Waals surface area (Å²) < 4.78 is 46.1. The first-order chi connectivity index (χ1) is 17.0. The Balaban J connectivity index is 1.80. The lowest BCUT2D eigenvalue weighted by molar-refractivity contribution is -0.137. The maximum atomic E-state index is 13.3. The highest BCUT2D eigenvalue weighted by Crippen LogP contribution is 2.45. The molecule has 0 radical (unpaired) electrons. The van der Waals surface area contributed by atoms with E-state index >= 15 is 0 Å². The summed E-state index contributed by atoms with van der Waals surface area (Å²) in [6.45, 7) is 11.3. The molecule has 0 unspecified atom stereocenters. The predicted octanol–water partition coefficient (Wildman–Crippen LogP) is 5.18. The first kappa shape index (κ1) is 27.0. The van der Waals surface area contributed by atoms with Gasteiger partial charge in [0.05, 0.1) is 18.3 Å². The minimum Gasteiger partial charge on any atom is -0.373 e. The van der Waals surface area contributed by atoms with Crippen molar-refractivity contribution in [3.63, 3.8) is 0 Å². The van der Waals surface area contributed by atoms with Gasteiger partial charge < -0.3 is 4.74 Å². The lowest BCUT2D eigenvalue weighted by Crippen LogP contribution is -2.56. The van der Waals surface area contributed by atoms with Gasteiger partial charge in [-0.25, -0.2) is 16.8 Å². The summed E-state index contributed by atoms with van der Waals surface area (Å²) in [5, 5.41) is 2.65. The zero-order valence-corrected chi connectivity index (χ0v) is 20.1. The standard InChI is InChI=1S/C26H29F3N4O3/c1-18-13-20(15-22(14-18)26(27,28)29)19(2)36-16-24(21-7-5-4-6-8-21)9-11-25(30-3,12-10-24)32-23(35)33-31-17-34/h4-8,13-15,17,19H,9-12,16H2,1-2H3,(H,31,34)(H2,32,33,35)/t19-,24?,25?/m1/s1. The second-order valence-electron chi connectivity index (χ2n) is 9.21. The summed E-state index contributed by atoms with van der Waals surface area (Å²) >= 11 is 0. The van der Waals surface area contributed by atoms with E-state index in [9.17, 15) is 22.8 Å². The van der Waals surface area contributed by atoms with Crippen molar-refractivity contribution in [2.75, 3.05) is 6.61 Å². The highest BCUT2D eigenvalue weighted by molar-refractivity contribution is 5.76. The van der Waals surface area contributed by atoms with Crippen molar-refractivity contribution >= 4 is 12.4 Å². The third-order valence-corrected chi connectivity index (χ3v) is 6.73.